The van der Waals surface area contributed by atoms with Gasteiger partial charge in [-0.1, -0.05) is 37.5 Å². The number of aromatic amines is 1. The van der Waals surface area contributed by atoms with E-state index in [1.54, 1.807) is 0 Å². The average molecular weight is 284 g/mol. The number of aromatic nitrogens is 1. The van der Waals surface area contributed by atoms with E-state index in [4.69, 9.17) is 0 Å². The molecule has 1 fully saturated rings. The molecule has 2 aromatic rings. The third-order valence-electron chi connectivity index (χ3n) is 4.77. The molecule has 2 N–H and O–H groups in total. The molecule has 0 spiro atoms. The van der Waals surface area contributed by atoms with Crippen molar-refractivity contribution in [2.24, 2.45) is 5.92 Å². The highest BCUT2D eigenvalue weighted by molar-refractivity contribution is 5.88. The first-order valence-corrected chi connectivity index (χ1v) is 8.08. The van der Waals surface area contributed by atoms with Gasteiger partial charge in [0.1, 0.15) is 0 Å². The van der Waals surface area contributed by atoms with Crippen LogP contribution in [-0.2, 0) is 11.2 Å². The van der Waals surface area contributed by atoms with E-state index in [9.17, 15) is 4.79 Å². The first kappa shape index (κ1) is 14.2. The molecule has 3 heteroatoms. The molecular formula is C18H24N2O. The van der Waals surface area contributed by atoms with Gasteiger partial charge < -0.3 is 10.3 Å². The Bertz CT molecular complexity index is 610. The Hall–Kier alpha value is -1.77. The number of carbonyl (C=O) groups is 1. The fourth-order valence-corrected chi connectivity index (χ4v) is 3.51. The van der Waals surface area contributed by atoms with E-state index in [0.29, 0.717) is 18.4 Å². The van der Waals surface area contributed by atoms with Gasteiger partial charge in [-0.05, 0) is 37.3 Å². The Morgan fingerprint density at radius 3 is 2.86 bits per heavy atom. The van der Waals surface area contributed by atoms with Crippen LogP contribution in [0, 0.1) is 5.92 Å². The van der Waals surface area contributed by atoms with Crippen molar-refractivity contribution in [3.8, 4) is 0 Å². The molecule has 1 unspecified atom stereocenters. The highest BCUT2D eigenvalue weighted by atomic mass is 16.1. The fraction of sp³-hybridized carbons (Fsp3) is 0.500. The van der Waals surface area contributed by atoms with Crippen LogP contribution in [0.3, 0.4) is 0 Å². The quantitative estimate of drug-likeness (QED) is 0.881. The Morgan fingerprint density at radius 1 is 1.29 bits per heavy atom. The molecule has 3 nitrogen and oxygen atoms in total. The van der Waals surface area contributed by atoms with E-state index in [2.05, 4.69) is 23.3 Å². The Morgan fingerprint density at radius 2 is 2.05 bits per heavy atom. The number of benzene rings is 1. The van der Waals surface area contributed by atoms with E-state index >= 15 is 0 Å². The number of hydrogen-bond donors (Lipinski definition) is 2. The van der Waals surface area contributed by atoms with Gasteiger partial charge in [-0.3, -0.25) is 4.79 Å². The van der Waals surface area contributed by atoms with Gasteiger partial charge in [0.15, 0.2) is 0 Å². The summed E-state index contributed by atoms with van der Waals surface area (Å²) in [6.45, 7) is 2.16. The van der Waals surface area contributed by atoms with Crippen molar-refractivity contribution in [3.05, 3.63) is 36.0 Å². The molecule has 1 aromatic carbocycles. The van der Waals surface area contributed by atoms with Gasteiger partial charge in [0.2, 0.25) is 5.91 Å². The topological polar surface area (TPSA) is 44.9 Å². The lowest BCUT2D eigenvalue weighted by Gasteiger charge is -2.28. The maximum absolute atomic E-state index is 12.3. The normalized spacial score (nSPS) is 17.8. The molecular weight excluding hydrogens is 260 g/mol. The van der Waals surface area contributed by atoms with Crippen molar-refractivity contribution in [2.45, 2.75) is 51.5 Å². The molecule has 1 saturated carbocycles. The molecule has 0 aliphatic heterocycles. The lowest BCUT2D eigenvalue weighted by Crippen LogP contribution is -2.39. The Kier molecular flexibility index (Phi) is 4.28. The first-order valence-electron chi connectivity index (χ1n) is 8.08. The minimum absolute atomic E-state index is 0.137. The van der Waals surface area contributed by atoms with E-state index in [1.165, 1.54) is 32.1 Å². The van der Waals surface area contributed by atoms with Crippen LogP contribution in [0.15, 0.2) is 30.5 Å². The van der Waals surface area contributed by atoms with Gasteiger partial charge in [-0.25, -0.2) is 0 Å². The second-order valence-corrected chi connectivity index (χ2v) is 6.29. The Labute approximate surface area is 126 Å². The van der Waals surface area contributed by atoms with Crippen LogP contribution in [0.5, 0.6) is 0 Å². The number of carbonyl (C=O) groups excluding carboxylic acids is 1. The zero-order valence-corrected chi connectivity index (χ0v) is 12.7. The summed E-state index contributed by atoms with van der Waals surface area (Å²) in [6, 6.07) is 8.43. The van der Waals surface area contributed by atoms with E-state index in [-0.39, 0.29) is 5.91 Å². The lowest BCUT2D eigenvalue weighted by molar-refractivity contribution is -0.121. The standard InChI is InChI=1S/C18H24N2O/c1-13(14-7-3-2-4-8-14)20-18(21)11-15-12-19-17-10-6-5-9-16(15)17/h5-6,9-10,12-14,19H,2-4,7-8,11H2,1H3,(H,20,21). The molecule has 1 aliphatic carbocycles. The third kappa shape index (κ3) is 3.29. The van der Waals surface area contributed by atoms with Crippen molar-refractivity contribution in [3.63, 3.8) is 0 Å². The van der Waals surface area contributed by atoms with E-state index in [1.807, 2.05) is 24.4 Å². The molecule has 1 heterocycles. The zero-order valence-electron chi connectivity index (χ0n) is 12.7. The van der Waals surface area contributed by atoms with Gasteiger partial charge in [0.25, 0.3) is 0 Å². The SMILES string of the molecule is CC(NC(=O)Cc1c[nH]c2ccccc12)C1CCCCC1. The second kappa shape index (κ2) is 6.33. The zero-order chi connectivity index (χ0) is 14.7. The summed E-state index contributed by atoms with van der Waals surface area (Å²) >= 11 is 0. The predicted octanol–water partition coefficient (Wildman–Crippen LogP) is 3.80. The third-order valence-corrected chi connectivity index (χ3v) is 4.77. The molecule has 0 saturated heterocycles. The maximum atomic E-state index is 12.3. The van der Waals surface area contributed by atoms with Crippen LogP contribution in [-0.4, -0.2) is 16.9 Å². The van der Waals surface area contributed by atoms with Crippen molar-refractivity contribution in [2.75, 3.05) is 0 Å². The predicted molar refractivity (Wildman–Crippen MR) is 86.2 cm³/mol. The van der Waals surface area contributed by atoms with Crippen LogP contribution in [0.1, 0.15) is 44.6 Å². The smallest absolute Gasteiger partial charge is 0.224 e. The summed E-state index contributed by atoms with van der Waals surface area (Å²) in [7, 11) is 0. The monoisotopic (exact) mass is 284 g/mol. The van der Waals surface area contributed by atoms with Crippen molar-refractivity contribution in [1.29, 1.82) is 0 Å². The van der Waals surface area contributed by atoms with Crippen LogP contribution in [0.25, 0.3) is 10.9 Å². The number of H-pyrrole nitrogens is 1. The number of fused-ring (bicyclic) bond motifs is 1. The number of nitrogens with one attached hydrogen (secondary N) is 2. The summed E-state index contributed by atoms with van der Waals surface area (Å²) in [5, 5.41) is 4.35. The number of para-hydroxylation sites is 1. The minimum atomic E-state index is 0.137. The lowest BCUT2D eigenvalue weighted by atomic mass is 9.84. The molecule has 21 heavy (non-hydrogen) atoms. The molecule has 0 bridgehead atoms. The first-order chi connectivity index (χ1) is 10.2. The van der Waals surface area contributed by atoms with Gasteiger partial charge in [0.05, 0.1) is 6.42 Å². The van der Waals surface area contributed by atoms with Crippen molar-refractivity contribution in [1.82, 2.24) is 10.3 Å². The van der Waals surface area contributed by atoms with E-state index in [0.717, 1.165) is 16.5 Å². The summed E-state index contributed by atoms with van der Waals surface area (Å²) in [6.07, 6.45) is 8.91. The number of amides is 1. The average Bonchev–Trinajstić information content (AvgIpc) is 2.91. The largest absolute Gasteiger partial charge is 0.361 e. The van der Waals surface area contributed by atoms with Gasteiger partial charge in [-0.15, -0.1) is 0 Å². The van der Waals surface area contributed by atoms with Crippen LogP contribution < -0.4 is 5.32 Å². The highest BCUT2D eigenvalue weighted by Gasteiger charge is 2.21. The van der Waals surface area contributed by atoms with Gasteiger partial charge in [-0.2, -0.15) is 0 Å². The van der Waals surface area contributed by atoms with Gasteiger partial charge >= 0.3 is 0 Å². The molecule has 1 aliphatic rings. The molecule has 1 atom stereocenters. The van der Waals surface area contributed by atoms with E-state index < -0.39 is 0 Å². The molecule has 0 radical (unpaired) electrons. The molecule has 3 rings (SSSR count). The summed E-state index contributed by atoms with van der Waals surface area (Å²) in [4.78, 5) is 15.5. The minimum Gasteiger partial charge on any atom is -0.361 e. The Balaban J connectivity index is 1.61. The maximum Gasteiger partial charge on any atom is 0.224 e. The van der Waals surface area contributed by atoms with Crippen molar-refractivity contribution >= 4 is 16.8 Å². The summed E-state index contributed by atoms with van der Waals surface area (Å²) < 4.78 is 0. The fourth-order valence-electron chi connectivity index (χ4n) is 3.51. The van der Waals surface area contributed by atoms with Crippen LogP contribution in [0.2, 0.25) is 0 Å². The van der Waals surface area contributed by atoms with Crippen molar-refractivity contribution < 1.29 is 4.79 Å². The van der Waals surface area contributed by atoms with Gasteiger partial charge in [0, 0.05) is 23.1 Å². The summed E-state index contributed by atoms with van der Waals surface area (Å²) in [5.74, 6) is 0.795. The molecule has 112 valence electrons. The van der Waals surface area contributed by atoms with Crippen LogP contribution in [0.4, 0.5) is 0 Å². The highest BCUT2D eigenvalue weighted by Crippen LogP contribution is 2.26. The van der Waals surface area contributed by atoms with Crippen LogP contribution >= 0.6 is 0 Å². The molecule has 1 amide bonds. The number of hydrogen-bond acceptors (Lipinski definition) is 1. The summed E-state index contributed by atoms with van der Waals surface area (Å²) in [5.41, 5.74) is 2.18. The molecule has 1 aromatic heterocycles. The number of rotatable bonds is 4. The second-order valence-electron chi connectivity index (χ2n) is 6.29.